The maximum absolute atomic E-state index is 14.3. The van der Waals surface area contributed by atoms with Crippen LogP contribution in [-0.4, -0.2) is 37.5 Å². The first-order valence-electron chi connectivity index (χ1n) is 8.15. The quantitative estimate of drug-likeness (QED) is 0.922. The summed E-state index contributed by atoms with van der Waals surface area (Å²) in [5.41, 5.74) is 0.924. The van der Waals surface area contributed by atoms with Gasteiger partial charge >= 0.3 is 0 Å². The topological polar surface area (TPSA) is 80.1 Å². The zero-order valence-electron chi connectivity index (χ0n) is 14.4. The van der Waals surface area contributed by atoms with Crippen LogP contribution in [0.1, 0.15) is 36.2 Å². The second kappa shape index (κ2) is 6.62. The predicted molar refractivity (Wildman–Crippen MR) is 89.1 cm³/mol. The molecule has 2 aromatic rings. The fourth-order valence-corrected chi connectivity index (χ4v) is 3.03. The van der Waals surface area contributed by atoms with Crippen molar-refractivity contribution in [3.8, 4) is 0 Å². The first kappa shape index (κ1) is 17.1. The summed E-state index contributed by atoms with van der Waals surface area (Å²) in [7, 11) is 1.71. The van der Waals surface area contributed by atoms with Crippen molar-refractivity contribution >= 4 is 17.5 Å². The molecule has 1 unspecified atom stereocenters. The summed E-state index contributed by atoms with van der Waals surface area (Å²) in [6.07, 6.45) is 6.22. The smallest absolute Gasteiger partial charge is 0.258 e. The van der Waals surface area contributed by atoms with Gasteiger partial charge in [-0.15, -0.1) is 0 Å². The van der Waals surface area contributed by atoms with Gasteiger partial charge < -0.3 is 10.2 Å². The number of hydrogen-bond donors (Lipinski definition) is 1. The Morgan fingerprint density at radius 2 is 2.20 bits per heavy atom. The zero-order valence-corrected chi connectivity index (χ0v) is 14.4. The van der Waals surface area contributed by atoms with Gasteiger partial charge in [-0.05, 0) is 5.92 Å². The van der Waals surface area contributed by atoms with Crippen molar-refractivity contribution in [3.63, 3.8) is 0 Å². The number of rotatable bonds is 3. The lowest BCUT2D eigenvalue weighted by Crippen LogP contribution is -2.48. The van der Waals surface area contributed by atoms with Gasteiger partial charge in [0.2, 0.25) is 5.91 Å². The van der Waals surface area contributed by atoms with Crippen LogP contribution < -0.4 is 5.32 Å². The van der Waals surface area contributed by atoms with Gasteiger partial charge in [0.25, 0.3) is 5.91 Å². The van der Waals surface area contributed by atoms with E-state index < -0.39 is 11.9 Å². The van der Waals surface area contributed by atoms with Gasteiger partial charge in [-0.3, -0.25) is 19.3 Å². The number of fused-ring (bicyclic) bond motifs is 1. The normalized spacial score (nSPS) is 18.3. The number of aromatic nitrogens is 3. The average molecular weight is 345 g/mol. The first-order valence-corrected chi connectivity index (χ1v) is 8.15. The van der Waals surface area contributed by atoms with E-state index in [1.54, 1.807) is 13.2 Å². The SMILES string of the molecule is CCC(C)[C@H]1C(=O)Nc2cncc(F)c2CN1C(=O)c1cnn(C)c1. The van der Waals surface area contributed by atoms with Gasteiger partial charge in [0.1, 0.15) is 11.9 Å². The Bertz CT molecular complexity index is 819. The van der Waals surface area contributed by atoms with E-state index in [4.69, 9.17) is 0 Å². The highest BCUT2D eigenvalue weighted by molar-refractivity contribution is 6.02. The molecular formula is C17H20FN5O2. The van der Waals surface area contributed by atoms with Crippen LogP contribution in [0.4, 0.5) is 10.1 Å². The number of nitrogens with zero attached hydrogens (tertiary/aromatic N) is 4. The minimum Gasteiger partial charge on any atom is -0.323 e. The van der Waals surface area contributed by atoms with Crippen LogP contribution in [0.2, 0.25) is 0 Å². The lowest BCUT2D eigenvalue weighted by atomic mass is 9.96. The number of nitrogens with one attached hydrogen (secondary N) is 1. The number of aryl methyl sites for hydroxylation is 1. The molecule has 0 bridgehead atoms. The Morgan fingerprint density at radius 1 is 1.44 bits per heavy atom. The third-order valence-corrected chi connectivity index (χ3v) is 4.59. The fourth-order valence-electron chi connectivity index (χ4n) is 3.03. The summed E-state index contributed by atoms with van der Waals surface area (Å²) in [6.45, 7) is 3.84. The molecule has 2 amide bonds. The highest BCUT2D eigenvalue weighted by Gasteiger charge is 2.38. The summed E-state index contributed by atoms with van der Waals surface area (Å²) >= 11 is 0. The average Bonchev–Trinajstić information content (AvgIpc) is 2.95. The molecule has 1 aliphatic rings. The largest absolute Gasteiger partial charge is 0.323 e. The summed E-state index contributed by atoms with van der Waals surface area (Å²) in [5, 5.41) is 6.73. The second-order valence-electron chi connectivity index (χ2n) is 6.30. The molecule has 7 nitrogen and oxygen atoms in total. The summed E-state index contributed by atoms with van der Waals surface area (Å²) in [6, 6.07) is -0.704. The molecule has 2 aromatic heterocycles. The number of anilines is 1. The molecule has 0 saturated heterocycles. The van der Waals surface area contributed by atoms with Crippen molar-refractivity contribution in [2.45, 2.75) is 32.9 Å². The zero-order chi connectivity index (χ0) is 18.1. The lowest BCUT2D eigenvalue weighted by Gasteiger charge is -2.32. The molecule has 0 fully saturated rings. The highest BCUT2D eigenvalue weighted by atomic mass is 19.1. The molecule has 1 aliphatic heterocycles. The minimum atomic E-state index is -0.704. The Balaban J connectivity index is 2.07. The van der Waals surface area contributed by atoms with Crippen molar-refractivity contribution in [1.29, 1.82) is 0 Å². The summed E-state index contributed by atoms with van der Waals surface area (Å²) < 4.78 is 15.8. The van der Waals surface area contributed by atoms with Crippen LogP contribution in [0.5, 0.6) is 0 Å². The van der Waals surface area contributed by atoms with Crippen LogP contribution in [0.15, 0.2) is 24.8 Å². The molecule has 3 heterocycles. The molecule has 0 aromatic carbocycles. The lowest BCUT2D eigenvalue weighted by molar-refractivity contribution is -0.122. The van der Waals surface area contributed by atoms with Gasteiger partial charge in [-0.1, -0.05) is 20.3 Å². The third kappa shape index (κ3) is 3.11. The van der Waals surface area contributed by atoms with E-state index in [2.05, 4.69) is 15.4 Å². The summed E-state index contributed by atoms with van der Waals surface area (Å²) in [4.78, 5) is 31.0. The van der Waals surface area contributed by atoms with Crippen LogP contribution in [-0.2, 0) is 18.4 Å². The van der Waals surface area contributed by atoms with Gasteiger partial charge in [0.15, 0.2) is 0 Å². The first-order chi connectivity index (χ1) is 11.9. The van der Waals surface area contributed by atoms with Gasteiger partial charge in [-0.25, -0.2) is 4.39 Å². The van der Waals surface area contributed by atoms with Gasteiger partial charge in [0, 0.05) is 18.8 Å². The van der Waals surface area contributed by atoms with Crippen molar-refractivity contribution < 1.29 is 14.0 Å². The number of pyridine rings is 1. The Kier molecular flexibility index (Phi) is 4.52. The van der Waals surface area contributed by atoms with E-state index in [9.17, 15) is 14.0 Å². The molecule has 25 heavy (non-hydrogen) atoms. The molecule has 132 valence electrons. The second-order valence-corrected chi connectivity index (χ2v) is 6.30. The van der Waals surface area contributed by atoms with Crippen LogP contribution >= 0.6 is 0 Å². The number of halogens is 1. The van der Waals surface area contributed by atoms with Crippen molar-refractivity contribution in [1.82, 2.24) is 19.7 Å². The minimum absolute atomic E-state index is 0.00877. The molecule has 8 heteroatoms. The van der Waals surface area contributed by atoms with Crippen LogP contribution in [0.25, 0.3) is 0 Å². The maximum atomic E-state index is 14.3. The molecule has 0 spiro atoms. The molecule has 1 N–H and O–H groups in total. The van der Waals surface area contributed by atoms with Crippen LogP contribution in [0, 0.1) is 11.7 Å². The van der Waals surface area contributed by atoms with Crippen molar-refractivity contribution in [2.24, 2.45) is 13.0 Å². The van der Waals surface area contributed by atoms with Crippen molar-refractivity contribution in [3.05, 3.63) is 41.7 Å². The molecule has 0 saturated carbocycles. The van der Waals surface area contributed by atoms with Gasteiger partial charge in [-0.2, -0.15) is 5.10 Å². The molecular weight excluding hydrogens is 325 g/mol. The Morgan fingerprint density at radius 3 is 2.84 bits per heavy atom. The van der Waals surface area contributed by atoms with E-state index in [-0.39, 0.29) is 29.8 Å². The number of amides is 2. The molecule has 0 aliphatic carbocycles. The van der Waals surface area contributed by atoms with E-state index >= 15 is 0 Å². The molecule has 0 radical (unpaired) electrons. The number of carbonyl (C=O) groups is 2. The van der Waals surface area contributed by atoms with Gasteiger partial charge in [0.05, 0.1) is 36.4 Å². The van der Waals surface area contributed by atoms with Crippen molar-refractivity contribution in [2.75, 3.05) is 5.32 Å². The Hall–Kier alpha value is -2.77. The molecule has 3 rings (SSSR count). The maximum Gasteiger partial charge on any atom is 0.258 e. The fraction of sp³-hybridized carbons (Fsp3) is 0.412. The summed E-state index contributed by atoms with van der Waals surface area (Å²) in [5.74, 6) is -1.33. The number of carbonyl (C=O) groups excluding carboxylic acids is 2. The Labute approximate surface area is 144 Å². The van der Waals surface area contributed by atoms with E-state index in [1.165, 1.54) is 22.0 Å². The molecule has 2 atom stereocenters. The third-order valence-electron chi connectivity index (χ3n) is 4.59. The highest BCUT2D eigenvalue weighted by Crippen LogP contribution is 2.29. The van der Waals surface area contributed by atoms with E-state index in [0.29, 0.717) is 17.7 Å². The van der Waals surface area contributed by atoms with Crippen LogP contribution in [0.3, 0.4) is 0 Å². The van der Waals surface area contributed by atoms with E-state index in [1.807, 2.05) is 13.8 Å². The monoisotopic (exact) mass is 345 g/mol. The predicted octanol–water partition coefficient (Wildman–Crippen LogP) is 1.96. The van der Waals surface area contributed by atoms with E-state index in [0.717, 1.165) is 6.20 Å². The number of hydrogen-bond acceptors (Lipinski definition) is 4. The standard InChI is InChI=1S/C17H20FN5O2/c1-4-10(2)15-16(24)21-14-7-19-6-13(18)12(14)9-23(15)17(25)11-5-20-22(3)8-11/h5-8,10,15H,4,9H2,1-3H3,(H,21,24)/t10?,15-/m0/s1.